The second kappa shape index (κ2) is 11.2. The van der Waals surface area contributed by atoms with E-state index in [2.05, 4.69) is 140 Å². The van der Waals surface area contributed by atoms with Gasteiger partial charge in [-0.05, 0) is 92.3 Å². The van der Waals surface area contributed by atoms with Crippen LogP contribution in [0.25, 0.3) is 110 Å². The normalized spacial score (nSPS) is 11.8. The number of nitrogens with zero attached hydrogens (tertiary/aromatic N) is 2. The van der Waals surface area contributed by atoms with Crippen molar-refractivity contribution in [3.63, 3.8) is 0 Å². The van der Waals surface area contributed by atoms with E-state index in [-0.39, 0.29) is 0 Å². The fourth-order valence-electron chi connectivity index (χ4n) is 7.68. The van der Waals surface area contributed by atoms with E-state index in [0.29, 0.717) is 11.4 Å². The molecule has 0 aliphatic carbocycles. The zero-order chi connectivity index (χ0) is 34.2. The minimum absolute atomic E-state index is 0.619. The Morgan fingerprint density at radius 1 is 0.365 bits per heavy atom. The molecule has 0 spiro atoms. The molecule has 0 radical (unpaired) electrons. The molecule has 0 saturated heterocycles. The van der Waals surface area contributed by atoms with Crippen LogP contribution < -0.4 is 0 Å². The highest BCUT2D eigenvalue weighted by molar-refractivity contribution is 6.14. The summed E-state index contributed by atoms with van der Waals surface area (Å²) in [5, 5.41) is 7.65. The average Bonchev–Trinajstić information content (AvgIpc) is 3.78. The third-order valence-corrected chi connectivity index (χ3v) is 10.2. The molecule has 11 aromatic rings. The zero-order valence-electron chi connectivity index (χ0n) is 27.9. The van der Waals surface area contributed by atoms with Crippen LogP contribution in [0, 0.1) is 0 Å². The number of fused-ring (bicyclic) bond motifs is 8. The van der Waals surface area contributed by atoms with E-state index in [0.717, 1.165) is 71.8 Å². The van der Waals surface area contributed by atoms with Gasteiger partial charge in [-0.3, -0.25) is 0 Å². The summed E-state index contributed by atoms with van der Waals surface area (Å²) < 4.78 is 13.1. The van der Waals surface area contributed by atoms with Gasteiger partial charge in [0, 0.05) is 27.3 Å². The molecule has 0 aliphatic rings. The lowest BCUT2D eigenvalue weighted by Gasteiger charge is -2.11. The second-order valence-corrected chi connectivity index (χ2v) is 13.4. The molecule has 4 nitrogen and oxygen atoms in total. The van der Waals surface area contributed by atoms with E-state index in [1.807, 2.05) is 30.3 Å². The minimum Gasteiger partial charge on any atom is -0.456 e. The molecule has 8 aromatic carbocycles. The maximum Gasteiger partial charge on any atom is 0.180 e. The Hall–Kier alpha value is -7.04. The first kappa shape index (κ1) is 28.8. The van der Waals surface area contributed by atoms with Crippen LogP contribution in [0.1, 0.15) is 0 Å². The van der Waals surface area contributed by atoms with E-state index < -0.39 is 0 Å². The first-order valence-electron chi connectivity index (χ1n) is 17.5. The van der Waals surface area contributed by atoms with Crippen molar-refractivity contribution in [2.45, 2.75) is 0 Å². The van der Waals surface area contributed by atoms with E-state index >= 15 is 0 Å². The number of hydrogen-bond donors (Lipinski definition) is 0. The fourth-order valence-corrected chi connectivity index (χ4v) is 7.68. The molecule has 0 unspecified atom stereocenters. The van der Waals surface area contributed by atoms with Crippen LogP contribution >= 0.6 is 0 Å². The molecule has 11 rings (SSSR count). The summed E-state index contributed by atoms with van der Waals surface area (Å²) in [4.78, 5) is 10.7. The van der Waals surface area contributed by atoms with Crippen molar-refractivity contribution >= 4 is 65.6 Å². The molecule has 3 aromatic heterocycles. The molecule has 242 valence electrons. The molecule has 3 heterocycles. The van der Waals surface area contributed by atoms with Crippen LogP contribution in [0.2, 0.25) is 0 Å². The lowest BCUT2D eigenvalue weighted by Crippen LogP contribution is -1.95. The SMILES string of the molecule is c1ccc(-c2ccc3cc(-c4cc(-c5nc(-c6ccc7ccccc7c6)c6oc7ccccc7c6n5)c5c(c4)oc4ccccc45)ccc3c2)cc1. The largest absolute Gasteiger partial charge is 0.456 e. The number of aromatic nitrogens is 2. The molecule has 0 atom stereocenters. The third kappa shape index (κ3) is 4.55. The first-order chi connectivity index (χ1) is 25.7. The predicted octanol–water partition coefficient (Wildman–Crippen LogP) is 13.2. The number of furan rings is 2. The Morgan fingerprint density at radius 2 is 0.962 bits per heavy atom. The zero-order valence-corrected chi connectivity index (χ0v) is 27.9. The van der Waals surface area contributed by atoms with Crippen LogP contribution in [0.3, 0.4) is 0 Å². The molecule has 0 bridgehead atoms. The molecular formula is C48H28N2O2. The van der Waals surface area contributed by atoms with Crippen LogP contribution in [0.5, 0.6) is 0 Å². The summed E-state index contributed by atoms with van der Waals surface area (Å²) in [6.07, 6.45) is 0. The minimum atomic E-state index is 0.619. The third-order valence-electron chi connectivity index (χ3n) is 10.2. The van der Waals surface area contributed by atoms with Crippen LogP contribution in [-0.2, 0) is 0 Å². The summed E-state index contributed by atoms with van der Waals surface area (Å²) >= 11 is 0. The molecule has 0 amide bonds. The van der Waals surface area contributed by atoms with Crippen LogP contribution in [0.15, 0.2) is 179 Å². The van der Waals surface area contributed by atoms with Crippen molar-refractivity contribution in [1.29, 1.82) is 0 Å². The number of rotatable bonds is 4. The average molecular weight is 665 g/mol. The van der Waals surface area contributed by atoms with Crippen molar-refractivity contribution in [2.75, 3.05) is 0 Å². The van der Waals surface area contributed by atoms with Gasteiger partial charge in [0.05, 0.1) is 0 Å². The van der Waals surface area contributed by atoms with Gasteiger partial charge >= 0.3 is 0 Å². The Bertz CT molecular complexity index is 3190. The number of hydrogen-bond acceptors (Lipinski definition) is 4. The van der Waals surface area contributed by atoms with Crippen molar-refractivity contribution in [2.24, 2.45) is 0 Å². The Morgan fingerprint density at radius 3 is 1.77 bits per heavy atom. The van der Waals surface area contributed by atoms with Gasteiger partial charge in [-0.1, -0.05) is 121 Å². The maximum atomic E-state index is 6.56. The van der Waals surface area contributed by atoms with Crippen LogP contribution in [-0.4, -0.2) is 9.97 Å². The van der Waals surface area contributed by atoms with Crippen molar-refractivity contribution in [1.82, 2.24) is 9.97 Å². The van der Waals surface area contributed by atoms with Gasteiger partial charge in [0.15, 0.2) is 11.4 Å². The highest BCUT2D eigenvalue weighted by Crippen LogP contribution is 2.42. The van der Waals surface area contributed by atoms with Gasteiger partial charge in [0.1, 0.15) is 28.0 Å². The molecule has 0 aliphatic heterocycles. The summed E-state index contributed by atoms with van der Waals surface area (Å²) in [5.74, 6) is 0.619. The van der Waals surface area contributed by atoms with E-state index in [1.165, 1.54) is 27.3 Å². The van der Waals surface area contributed by atoms with Gasteiger partial charge in [0.2, 0.25) is 0 Å². The Kier molecular flexibility index (Phi) is 6.22. The second-order valence-electron chi connectivity index (χ2n) is 13.4. The quantitative estimate of drug-likeness (QED) is 0.188. The first-order valence-corrected chi connectivity index (χ1v) is 17.5. The summed E-state index contributed by atoms with van der Waals surface area (Å²) in [7, 11) is 0. The van der Waals surface area contributed by atoms with Crippen LogP contribution in [0.4, 0.5) is 0 Å². The lowest BCUT2D eigenvalue weighted by molar-refractivity contribution is 0.667. The highest BCUT2D eigenvalue weighted by Gasteiger charge is 2.22. The Balaban J connectivity index is 1.16. The predicted molar refractivity (Wildman–Crippen MR) is 213 cm³/mol. The molecule has 52 heavy (non-hydrogen) atoms. The number of para-hydroxylation sites is 2. The number of benzene rings is 8. The van der Waals surface area contributed by atoms with E-state index in [4.69, 9.17) is 18.8 Å². The monoisotopic (exact) mass is 664 g/mol. The van der Waals surface area contributed by atoms with Gasteiger partial charge in [-0.2, -0.15) is 0 Å². The molecular weight excluding hydrogens is 637 g/mol. The summed E-state index contributed by atoms with van der Waals surface area (Å²) in [5.41, 5.74) is 11.0. The Labute approximate surface area is 298 Å². The molecule has 0 N–H and O–H groups in total. The fraction of sp³-hybridized carbons (Fsp3) is 0. The maximum absolute atomic E-state index is 6.56. The molecule has 0 fully saturated rings. The van der Waals surface area contributed by atoms with Crippen molar-refractivity contribution in [3.8, 4) is 44.9 Å². The van der Waals surface area contributed by atoms with Crippen molar-refractivity contribution < 1.29 is 8.83 Å². The summed E-state index contributed by atoms with van der Waals surface area (Å²) in [6.45, 7) is 0. The van der Waals surface area contributed by atoms with Gasteiger partial charge < -0.3 is 8.83 Å². The highest BCUT2D eigenvalue weighted by atomic mass is 16.3. The lowest BCUT2D eigenvalue weighted by atomic mass is 9.95. The smallest absolute Gasteiger partial charge is 0.180 e. The van der Waals surface area contributed by atoms with E-state index in [9.17, 15) is 0 Å². The van der Waals surface area contributed by atoms with Gasteiger partial charge in [-0.25, -0.2) is 9.97 Å². The van der Waals surface area contributed by atoms with Crippen molar-refractivity contribution in [3.05, 3.63) is 170 Å². The van der Waals surface area contributed by atoms with Gasteiger partial charge in [-0.15, -0.1) is 0 Å². The molecule has 4 heteroatoms. The summed E-state index contributed by atoms with van der Waals surface area (Å²) in [6, 6.07) is 59.3. The van der Waals surface area contributed by atoms with E-state index in [1.54, 1.807) is 0 Å². The van der Waals surface area contributed by atoms with Gasteiger partial charge in [0.25, 0.3) is 0 Å². The molecule has 0 saturated carbocycles. The topological polar surface area (TPSA) is 52.1 Å². The standard InChI is InChI=1S/C48H28N2O2/c1-2-10-29(11-3-1)32-19-20-34-25-35(22-21-33(34)24-32)37-27-40(44-38-14-6-8-16-41(38)51-43(44)28-37)48-49-45(36-23-18-30-12-4-5-13-31(30)26-36)47-46(50-48)39-15-7-9-17-42(39)52-47/h1-28H.